The summed E-state index contributed by atoms with van der Waals surface area (Å²) in [6, 6.07) is 21.0. The van der Waals surface area contributed by atoms with Crippen molar-refractivity contribution in [1.29, 1.82) is 0 Å². The van der Waals surface area contributed by atoms with E-state index >= 15 is 0 Å². The van der Waals surface area contributed by atoms with Gasteiger partial charge >= 0.3 is 0 Å². The van der Waals surface area contributed by atoms with Crippen LogP contribution in [0, 0.1) is 7.14 Å². The topological polar surface area (TPSA) is 26.3 Å². The molecule has 0 unspecified atom stereocenters. The van der Waals surface area contributed by atoms with Gasteiger partial charge in [-0.2, -0.15) is 0 Å². The molecule has 124 valence electrons. The highest BCUT2D eigenvalue weighted by atomic mass is 127. The molecule has 0 saturated carbocycles. The van der Waals surface area contributed by atoms with Crippen molar-refractivity contribution in [3.63, 3.8) is 0 Å². The zero-order valence-electron chi connectivity index (χ0n) is 13.3. The van der Waals surface area contributed by atoms with Gasteiger partial charge in [-0.15, -0.1) is 0 Å². The molecule has 0 aliphatic heterocycles. The summed E-state index contributed by atoms with van der Waals surface area (Å²) in [5.74, 6) is 0. The Balaban J connectivity index is 2.05. The van der Waals surface area contributed by atoms with Crippen molar-refractivity contribution in [2.24, 2.45) is 0 Å². The number of fused-ring (bicyclic) bond motifs is 9. The zero-order valence-corrected chi connectivity index (χ0v) is 17.7. The van der Waals surface area contributed by atoms with Gasteiger partial charge in [-0.3, -0.25) is 0 Å². The number of hydrogen-bond donors (Lipinski definition) is 0. The molecule has 0 aliphatic carbocycles. The molecule has 4 heteroatoms. The average molecular weight is 560 g/mol. The molecule has 0 atom stereocenters. The first kappa shape index (κ1) is 15.3. The summed E-state index contributed by atoms with van der Waals surface area (Å²) in [4.78, 5) is 0. The molecule has 6 rings (SSSR count). The van der Waals surface area contributed by atoms with E-state index in [1.165, 1.54) is 21.5 Å². The number of rotatable bonds is 0. The zero-order chi connectivity index (χ0) is 17.4. The Kier molecular flexibility index (Phi) is 3.15. The third kappa shape index (κ3) is 1.91. The van der Waals surface area contributed by atoms with E-state index in [0.29, 0.717) is 0 Å². The fourth-order valence-electron chi connectivity index (χ4n) is 3.93. The third-order valence-electron chi connectivity index (χ3n) is 4.98. The largest absolute Gasteiger partial charge is 0.455 e. The summed E-state index contributed by atoms with van der Waals surface area (Å²) in [6.45, 7) is 0. The smallest absolute Gasteiger partial charge is 0.149 e. The second-order valence-electron chi connectivity index (χ2n) is 6.42. The van der Waals surface area contributed by atoms with Crippen LogP contribution in [0.25, 0.3) is 54.6 Å². The summed E-state index contributed by atoms with van der Waals surface area (Å²) in [7, 11) is 0. The quantitative estimate of drug-likeness (QED) is 0.177. The van der Waals surface area contributed by atoms with Crippen molar-refractivity contribution in [2.75, 3.05) is 0 Å². The minimum atomic E-state index is 0.924. The number of furan rings is 2. The summed E-state index contributed by atoms with van der Waals surface area (Å²) in [5, 5.41) is 7.09. The van der Waals surface area contributed by atoms with Crippen molar-refractivity contribution in [1.82, 2.24) is 0 Å². The normalized spacial score (nSPS) is 12.2. The van der Waals surface area contributed by atoms with Crippen LogP contribution < -0.4 is 0 Å². The van der Waals surface area contributed by atoms with Gasteiger partial charge in [-0.1, -0.05) is 36.4 Å². The standard InChI is InChI=1S/C22H10I2O2/c23-14-9-11-10-15(24)22-20(13-6-2-4-8-17(13)26-22)18(11)19-12-5-1-3-7-16(12)25-21(14)19/h1-10H. The minimum Gasteiger partial charge on any atom is -0.455 e. The Morgan fingerprint density at radius 3 is 1.54 bits per heavy atom. The van der Waals surface area contributed by atoms with Gasteiger partial charge in [0.25, 0.3) is 0 Å². The van der Waals surface area contributed by atoms with Crippen LogP contribution in [-0.4, -0.2) is 0 Å². The molecule has 0 amide bonds. The summed E-state index contributed by atoms with van der Waals surface area (Å²) in [5.41, 5.74) is 3.75. The van der Waals surface area contributed by atoms with Crippen LogP contribution in [0.4, 0.5) is 0 Å². The highest BCUT2D eigenvalue weighted by Crippen LogP contribution is 2.44. The van der Waals surface area contributed by atoms with Crippen LogP contribution in [0.2, 0.25) is 0 Å². The molecule has 0 bridgehead atoms. The van der Waals surface area contributed by atoms with Gasteiger partial charge in [0, 0.05) is 26.9 Å². The van der Waals surface area contributed by atoms with E-state index in [9.17, 15) is 0 Å². The Bertz CT molecular complexity index is 1390. The molecule has 0 N–H and O–H groups in total. The molecule has 0 aliphatic rings. The lowest BCUT2D eigenvalue weighted by atomic mass is 9.99. The summed E-state index contributed by atoms with van der Waals surface area (Å²) in [6.07, 6.45) is 0. The SMILES string of the molecule is Ic1cc2cc(I)c3oc4ccccc4c3c2c2c1oc1ccccc12. The van der Waals surface area contributed by atoms with Crippen molar-refractivity contribution >= 4 is 99.8 Å². The van der Waals surface area contributed by atoms with Gasteiger partial charge in [-0.25, -0.2) is 0 Å². The lowest BCUT2D eigenvalue weighted by molar-refractivity contribution is 0.666. The van der Waals surface area contributed by atoms with Crippen LogP contribution in [0.3, 0.4) is 0 Å². The van der Waals surface area contributed by atoms with Crippen LogP contribution in [0.1, 0.15) is 0 Å². The van der Waals surface area contributed by atoms with Gasteiger partial charge in [-0.05, 0) is 74.8 Å². The van der Waals surface area contributed by atoms with E-state index < -0.39 is 0 Å². The molecule has 26 heavy (non-hydrogen) atoms. The first-order chi connectivity index (χ1) is 12.7. The molecule has 6 aromatic rings. The first-order valence-electron chi connectivity index (χ1n) is 8.25. The van der Waals surface area contributed by atoms with Gasteiger partial charge in [0.1, 0.15) is 22.3 Å². The summed E-state index contributed by atoms with van der Waals surface area (Å²) >= 11 is 4.75. The molecule has 2 heterocycles. The van der Waals surface area contributed by atoms with E-state index in [-0.39, 0.29) is 0 Å². The first-order valence-corrected chi connectivity index (χ1v) is 10.4. The second kappa shape index (κ2) is 5.36. The maximum Gasteiger partial charge on any atom is 0.149 e. The summed E-state index contributed by atoms with van der Waals surface area (Å²) < 4.78 is 14.7. The van der Waals surface area contributed by atoms with E-state index in [2.05, 4.69) is 81.6 Å². The monoisotopic (exact) mass is 560 g/mol. The Morgan fingerprint density at radius 1 is 0.577 bits per heavy atom. The molecule has 0 fully saturated rings. The fraction of sp³-hybridized carbons (Fsp3) is 0. The number of hydrogen-bond acceptors (Lipinski definition) is 2. The molecule has 0 saturated heterocycles. The Labute approximate surface area is 175 Å². The molecule has 2 aromatic heterocycles. The minimum absolute atomic E-state index is 0.924. The predicted octanol–water partition coefficient (Wildman–Crippen LogP) is 7.85. The van der Waals surface area contributed by atoms with Crippen LogP contribution in [0.5, 0.6) is 0 Å². The van der Waals surface area contributed by atoms with Crippen molar-refractivity contribution < 1.29 is 8.83 Å². The predicted molar refractivity (Wildman–Crippen MR) is 124 cm³/mol. The van der Waals surface area contributed by atoms with Gasteiger partial charge < -0.3 is 8.83 Å². The van der Waals surface area contributed by atoms with Crippen molar-refractivity contribution in [3.8, 4) is 0 Å². The fourth-order valence-corrected chi connectivity index (χ4v) is 5.36. The maximum absolute atomic E-state index is 6.22. The number of benzene rings is 4. The second-order valence-corrected chi connectivity index (χ2v) is 8.74. The Hall–Kier alpha value is -1.80. The molecular weight excluding hydrogens is 550 g/mol. The van der Waals surface area contributed by atoms with Crippen molar-refractivity contribution in [2.45, 2.75) is 0 Å². The Morgan fingerprint density at radius 2 is 1.04 bits per heavy atom. The van der Waals surface area contributed by atoms with E-state index in [0.717, 1.165) is 40.2 Å². The van der Waals surface area contributed by atoms with Gasteiger partial charge in [0.2, 0.25) is 0 Å². The van der Waals surface area contributed by atoms with Gasteiger partial charge in [0.15, 0.2) is 0 Å². The van der Waals surface area contributed by atoms with Gasteiger partial charge in [0.05, 0.1) is 7.14 Å². The van der Waals surface area contributed by atoms with Crippen LogP contribution in [0.15, 0.2) is 69.5 Å². The van der Waals surface area contributed by atoms with E-state index in [1.54, 1.807) is 0 Å². The maximum atomic E-state index is 6.22. The lowest BCUT2D eigenvalue weighted by Gasteiger charge is -2.05. The molecule has 0 radical (unpaired) electrons. The molecule has 4 aromatic carbocycles. The van der Waals surface area contributed by atoms with Crippen LogP contribution in [-0.2, 0) is 0 Å². The highest BCUT2D eigenvalue weighted by molar-refractivity contribution is 14.1. The molecule has 0 spiro atoms. The van der Waals surface area contributed by atoms with Crippen LogP contribution >= 0.6 is 45.2 Å². The molecular formula is C22H10I2O2. The lowest BCUT2D eigenvalue weighted by Crippen LogP contribution is -1.83. The molecule has 2 nitrogen and oxygen atoms in total. The third-order valence-corrected chi connectivity index (χ3v) is 6.58. The number of halogens is 2. The number of para-hydroxylation sites is 2. The van der Waals surface area contributed by atoms with E-state index in [4.69, 9.17) is 8.83 Å². The van der Waals surface area contributed by atoms with E-state index in [1.807, 2.05) is 24.3 Å². The highest BCUT2D eigenvalue weighted by Gasteiger charge is 2.20. The van der Waals surface area contributed by atoms with Crippen molar-refractivity contribution in [3.05, 3.63) is 67.8 Å². The average Bonchev–Trinajstić information content (AvgIpc) is 3.22.